The van der Waals surface area contributed by atoms with Crippen LogP contribution in [0.4, 0.5) is 11.4 Å². The number of fused-ring (bicyclic) bond motifs is 1. The van der Waals surface area contributed by atoms with Crippen molar-refractivity contribution in [1.29, 1.82) is 0 Å². The number of aromatic nitrogens is 3. The van der Waals surface area contributed by atoms with E-state index in [-0.39, 0.29) is 16.6 Å². The summed E-state index contributed by atoms with van der Waals surface area (Å²) in [6, 6.07) is 4.50. The van der Waals surface area contributed by atoms with Crippen LogP contribution in [0.25, 0.3) is 11.0 Å². The van der Waals surface area contributed by atoms with E-state index in [0.29, 0.717) is 11.0 Å². The van der Waals surface area contributed by atoms with E-state index in [4.69, 9.17) is 0 Å². The molecule has 3 aromatic rings. The van der Waals surface area contributed by atoms with Crippen molar-refractivity contribution in [2.45, 2.75) is 24.8 Å². The van der Waals surface area contributed by atoms with Gasteiger partial charge in [0.25, 0.3) is 10.0 Å². The van der Waals surface area contributed by atoms with Crippen molar-refractivity contribution >= 4 is 32.4 Å². The fraction of sp³-hybridized carbons (Fsp3) is 0.200. The van der Waals surface area contributed by atoms with Crippen LogP contribution >= 0.6 is 0 Å². The highest BCUT2D eigenvalue weighted by molar-refractivity contribution is 7.92. The summed E-state index contributed by atoms with van der Waals surface area (Å²) in [6.45, 7) is 3.89. The van der Waals surface area contributed by atoms with Crippen molar-refractivity contribution in [2.75, 3.05) is 4.72 Å². The predicted octanol–water partition coefficient (Wildman–Crippen LogP) is 2.43. The SMILES string of the molecule is CC(C)n1ncc2cc(NS(=O)(=O)c3ccc(O)c([N+](=O)[O-])c3)cnc21. The average Bonchev–Trinajstić information content (AvgIpc) is 2.97. The Morgan fingerprint density at radius 2 is 2.00 bits per heavy atom. The van der Waals surface area contributed by atoms with E-state index >= 15 is 0 Å². The Labute approximate surface area is 148 Å². The van der Waals surface area contributed by atoms with Crippen LogP contribution in [0.1, 0.15) is 19.9 Å². The van der Waals surface area contributed by atoms with Crippen LogP contribution in [0, 0.1) is 10.1 Å². The first-order valence-corrected chi connectivity index (χ1v) is 9.01. The number of aromatic hydroxyl groups is 1. The Morgan fingerprint density at radius 1 is 1.27 bits per heavy atom. The van der Waals surface area contributed by atoms with Crippen LogP contribution in [0.5, 0.6) is 5.75 Å². The van der Waals surface area contributed by atoms with Gasteiger partial charge in [0.15, 0.2) is 11.4 Å². The maximum Gasteiger partial charge on any atom is 0.312 e. The van der Waals surface area contributed by atoms with Gasteiger partial charge in [0.2, 0.25) is 0 Å². The zero-order chi connectivity index (χ0) is 19.1. The number of nitrogens with one attached hydrogen (secondary N) is 1. The summed E-state index contributed by atoms with van der Waals surface area (Å²) in [5.74, 6) is -0.613. The molecule has 26 heavy (non-hydrogen) atoms. The molecule has 0 atom stereocenters. The predicted molar refractivity (Wildman–Crippen MR) is 93.5 cm³/mol. The lowest BCUT2D eigenvalue weighted by Gasteiger charge is -2.09. The lowest BCUT2D eigenvalue weighted by atomic mass is 10.3. The maximum atomic E-state index is 12.5. The van der Waals surface area contributed by atoms with E-state index in [1.165, 1.54) is 6.20 Å². The highest BCUT2D eigenvalue weighted by Gasteiger charge is 2.21. The van der Waals surface area contributed by atoms with Crippen LogP contribution in [0.15, 0.2) is 41.6 Å². The van der Waals surface area contributed by atoms with Gasteiger partial charge in [-0.3, -0.25) is 14.8 Å². The Bertz CT molecular complexity index is 1110. The largest absolute Gasteiger partial charge is 0.502 e. The lowest BCUT2D eigenvalue weighted by molar-refractivity contribution is -0.386. The molecule has 0 saturated carbocycles. The van der Waals surface area contributed by atoms with Crippen LogP contribution in [0.3, 0.4) is 0 Å². The summed E-state index contributed by atoms with van der Waals surface area (Å²) in [4.78, 5) is 13.9. The Hall–Kier alpha value is -3.21. The van der Waals surface area contributed by atoms with Crippen molar-refractivity contribution in [3.05, 3.63) is 46.8 Å². The zero-order valence-electron chi connectivity index (χ0n) is 13.8. The molecule has 0 unspecified atom stereocenters. The Kier molecular flexibility index (Phi) is 4.24. The van der Waals surface area contributed by atoms with Gasteiger partial charge < -0.3 is 5.11 Å². The summed E-state index contributed by atoms with van der Waals surface area (Å²) >= 11 is 0. The van der Waals surface area contributed by atoms with Crippen LogP contribution in [0.2, 0.25) is 0 Å². The Morgan fingerprint density at radius 3 is 2.65 bits per heavy atom. The second kappa shape index (κ2) is 6.26. The van der Waals surface area contributed by atoms with E-state index < -0.39 is 26.4 Å². The number of hydrogen-bond donors (Lipinski definition) is 2. The molecule has 0 amide bonds. The van der Waals surface area contributed by atoms with Gasteiger partial charge in [0, 0.05) is 17.5 Å². The molecule has 0 aliphatic heterocycles. The highest BCUT2D eigenvalue weighted by Crippen LogP contribution is 2.29. The number of pyridine rings is 1. The molecule has 11 heteroatoms. The molecule has 1 aromatic carbocycles. The number of phenolic OH excluding ortho intramolecular Hbond substituents is 1. The summed E-state index contributed by atoms with van der Waals surface area (Å²) in [5.41, 5.74) is 0.111. The molecular formula is C15H15N5O5S. The number of sulfonamides is 1. The second-order valence-corrected chi connectivity index (χ2v) is 7.52. The van der Waals surface area contributed by atoms with Gasteiger partial charge in [-0.2, -0.15) is 5.10 Å². The first-order valence-electron chi connectivity index (χ1n) is 7.52. The molecule has 2 aromatic heterocycles. The molecular weight excluding hydrogens is 362 g/mol. The summed E-state index contributed by atoms with van der Waals surface area (Å²) in [7, 11) is -4.10. The zero-order valence-corrected chi connectivity index (χ0v) is 14.6. The molecule has 136 valence electrons. The molecule has 0 aliphatic carbocycles. The van der Waals surface area contributed by atoms with Crippen LogP contribution in [-0.4, -0.2) is 33.2 Å². The van der Waals surface area contributed by atoms with Crippen molar-refractivity contribution in [2.24, 2.45) is 0 Å². The van der Waals surface area contributed by atoms with Gasteiger partial charge in [-0.05, 0) is 32.0 Å². The van der Waals surface area contributed by atoms with Crippen molar-refractivity contribution in [3.63, 3.8) is 0 Å². The van der Waals surface area contributed by atoms with Gasteiger partial charge in [-0.25, -0.2) is 18.1 Å². The molecule has 3 rings (SSSR count). The van der Waals surface area contributed by atoms with E-state index in [1.807, 2.05) is 13.8 Å². The third-order valence-corrected chi connectivity index (χ3v) is 5.01. The molecule has 2 N–H and O–H groups in total. The van der Waals surface area contributed by atoms with Gasteiger partial charge in [-0.15, -0.1) is 0 Å². The first kappa shape index (κ1) is 17.6. The fourth-order valence-corrected chi connectivity index (χ4v) is 3.46. The summed E-state index contributed by atoms with van der Waals surface area (Å²) in [6.07, 6.45) is 2.92. The standard InChI is InChI=1S/C15H15N5O5S/c1-9(2)19-15-10(7-17-19)5-11(8-16-15)18-26(24,25)12-3-4-14(21)13(6-12)20(22)23/h3-9,18,21H,1-2H3. The molecule has 10 nitrogen and oxygen atoms in total. The summed E-state index contributed by atoms with van der Waals surface area (Å²) < 4.78 is 29.0. The van der Waals surface area contributed by atoms with E-state index in [1.54, 1.807) is 16.9 Å². The van der Waals surface area contributed by atoms with Crippen molar-refractivity contribution in [3.8, 4) is 5.75 Å². The summed E-state index contributed by atoms with van der Waals surface area (Å²) in [5, 5.41) is 25.2. The van der Waals surface area contributed by atoms with Crippen molar-refractivity contribution in [1.82, 2.24) is 14.8 Å². The third-order valence-electron chi connectivity index (χ3n) is 3.63. The molecule has 0 fully saturated rings. The minimum atomic E-state index is -4.10. The lowest BCUT2D eigenvalue weighted by Crippen LogP contribution is -2.13. The minimum absolute atomic E-state index is 0.0973. The Balaban J connectivity index is 1.96. The normalized spacial score (nSPS) is 11.8. The highest BCUT2D eigenvalue weighted by atomic mass is 32.2. The van der Waals surface area contributed by atoms with Gasteiger partial charge in [0.1, 0.15) is 0 Å². The second-order valence-electron chi connectivity index (χ2n) is 5.83. The van der Waals surface area contributed by atoms with Gasteiger partial charge in [-0.1, -0.05) is 0 Å². The maximum absolute atomic E-state index is 12.5. The van der Waals surface area contributed by atoms with Gasteiger partial charge in [0.05, 0.1) is 27.9 Å². The van der Waals surface area contributed by atoms with Crippen LogP contribution < -0.4 is 4.72 Å². The molecule has 0 spiro atoms. The van der Waals surface area contributed by atoms with E-state index in [9.17, 15) is 23.6 Å². The number of rotatable bonds is 5. The number of benzene rings is 1. The molecule has 0 radical (unpaired) electrons. The number of hydrogen-bond acceptors (Lipinski definition) is 7. The van der Waals surface area contributed by atoms with Crippen molar-refractivity contribution < 1.29 is 18.4 Å². The third kappa shape index (κ3) is 3.16. The molecule has 2 heterocycles. The molecule has 0 bridgehead atoms. The minimum Gasteiger partial charge on any atom is -0.502 e. The number of anilines is 1. The first-order chi connectivity index (χ1) is 12.2. The van der Waals surface area contributed by atoms with E-state index in [0.717, 1.165) is 18.2 Å². The average molecular weight is 377 g/mol. The number of phenols is 1. The van der Waals surface area contributed by atoms with Crippen LogP contribution in [-0.2, 0) is 10.0 Å². The fourth-order valence-electron chi connectivity index (χ4n) is 2.40. The number of nitro benzene ring substituents is 1. The smallest absolute Gasteiger partial charge is 0.312 e. The topological polar surface area (TPSA) is 140 Å². The molecule has 0 saturated heterocycles. The monoisotopic (exact) mass is 377 g/mol. The number of nitro groups is 1. The van der Waals surface area contributed by atoms with E-state index in [2.05, 4.69) is 14.8 Å². The number of nitrogens with zero attached hydrogens (tertiary/aromatic N) is 4. The molecule has 0 aliphatic rings. The quantitative estimate of drug-likeness (QED) is 0.514. The van der Waals surface area contributed by atoms with Gasteiger partial charge >= 0.3 is 5.69 Å².